The lowest BCUT2D eigenvalue weighted by atomic mass is 9.87. The molecule has 170 valence electrons. The van der Waals surface area contributed by atoms with Crippen molar-refractivity contribution in [2.75, 3.05) is 13.2 Å². The van der Waals surface area contributed by atoms with Gasteiger partial charge in [-0.05, 0) is 41.8 Å². The van der Waals surface area contributed by atoms with E-state index < -0.39 is 29.7 Å². The minimum Gasteiger partial charge on any atom is -0.481 e. The average Bonchev–Trinajstić information content (AvgIpc) is 3.04. The van der Waals surface area contributed by atoms with Crippen molar-refractivity contribution < 1.29 is 19.4 Å². The number of hydrogen-bond donors (Lipinski definition) is 2. The highest BCUT2D eigenvalue weighted by Gasteiger charge is 2.55. The standard InChI is InChI=1S/C26H25FN2O4/c27-18-8-4-7-17(13-18)19-9-10-21-24-23(26(32)33)20(15-30)22(14-29(21)25(19)31)28(24)12-11-16-5-2-1-3-6-16/h1-10,13,20,22-24,30H,11-12,14-15H2,(H,32,33)/t20-,22-,23+,24+/m0/s1. The Balaban J connectivity index is 1.57. The summed E-state index contributed by atoms with van der Waals surface area (Å²) < 4.78 is 15.4. The first-order valence-electron chi connectivity index (χ1n) is 11.1. The van der Waals surface area contributed by atoms with Crippen LogP contribution in [-0.4, -0.2) is 44.8 Å². The van der Waals surface area contributed by atoms with Crippen molar-refractivity contribution in [3.8, 4) is 11.1 Å². The minimum atomic E-state index is -0.971. The van der Waals surface area contributed by atoms with Crippen molar-refractivity contribution in [2.24, 2.45) is 11.8 Å². The molecule has 1 saturated heterocycles. The van der Waals surface area contributed by atoms with Crippen LogP contribution in [-0.2, 0) is 17.8 Å². The van der Waals surface area contributed by atoms with E-state index in [1.165, 1.54) is 12.1 Å². The molecule has 2 bridgehead atoms. The molecule has 6 nitrogen and oxygen atoms in total. The number of aliphatic carboxylic acids is 1. The molecular weight excluding hydrogens is 423 g/mol. The third-order valence-electron chi connectivity index (χ3n) is 7.09. The molecule has 2 N–H and O–H groups in total. The predicted molar refractivity (Wildman–Crippen MR) is 121 cm³/mol. The normalized spacial score (nSPS) is 23.9. The third kappa shape index (κ3) is 3.67. The zero-order valence-electron chi connectivity index (χ0n) is 18.0. The maximum absolute atomic E-state index is 13.8. The van der Waals surface area contributed by atoms with Gasteiger partial charge in [-0.3, -0.25) is 14.5 Å². The first-order valence-corrected chi connectivity index (χ1v) is 11.1. The number of nitrogens with zero attached hydrogens (tertiary/aromatic N) is 2. The molecule has 2 aliphatic rings. The fourth-order valence-corrected chi connectivity index (χ4v) is 5.59. The van der Waals surface area contributed by atoms with Crippen LogP contribution in [0.25, 0.3) is 11.1 Å². The quantitative estimate of drug-likeness (QED) is 0.606. The molecule has 1 aromatic heterocycles. The number of carbonyl (C=O) groups is 1. The summed E-state index contributed by atoms with van der Waals surface area (Å²) in [7, 11) is 0. The van der Waals surface area contributed by atoms with Gasteiger partial charge in [0.15, 0.2) is 0 Å². The lowest BCUT2D eigenvalue weighted by molar-refractivity contribution is -0.144. The smallest absolute Gasteiger partial charge is 0.308 e. The molecule has 1 fully saturated rings. The van der Waals surface area contributed by atoms with E-state index in [0.717, 1.165) is 12.0 Å². The van der Waals surface area contributed by atoms with Crippen molar-refractivity contribution in [1.29, 1.82) is 0 Å². The number of pyridine rings is 1. The van der Waals surface area contributed by atoms with Gasteiger partial charge in [0.1, 0.15) is 5.82 Å². The molecule has 0 unspecified atom stereocenters. The van der Waals surface area contributed by atoms with Gasteiger partial charge >= 0.3 is 5.97 Å². The summed E-state index contributed by atoms with van der Waals surface area (Å²) in [6.07, 6.45) is 0.740. The summed E-state index contributed by atoms with van der Waals surface area (Å²) in [5.74, 6) is -2.70. The van der Waals surface area contributed by atoms with Gasteiger partial charge < -0.3 is 14.8 Å². The molecule has 0 saturated carbocycles. The molecule has 0 spiro atoms. The van der Waals surface area contributed by atoms with Crippen LogP contribution in [0.1, 0.15) is 17.3 Å². The number of carboxylic acid groups (broad SMARTS) is 1. The number of aromatic nitrogens is 1. The second-order valence-electron chi connectivity index (χ2n) is 8.79. The zero-order valence-corrected chi connectivity index (χ0v) is 18.0. The van der Waals surface area contributed by atoms with Crippen molar-refractivity contribution >= 4 is 5.97 Å². The predicted octanol–water partition coefficient (Wildman–Crippen LogP) is 2.95. The number of fused-ring (bicyclic) bond motifs is 4. The highest BCUT2D eigenvalue weighted by Crippen LogP contribution is 2.48. The molecule has 2 aliphatic heterocycles. The lowest BCUT2D eigenvalue weighted by Crippen LogP contribution is -2.47. The lowest BCUT2D eigenvalue weighted by Gasteiger charge is -2.38. The second-order valence-corrected chi connectivity index (χ2v) is 8.79. The fraction of sp³-hybridized carbons (Fsp3) is 0.308. The van der Waals surface area contributed by atoms with E-state index in [1.807, 2.05) is 30.3 Å². The van der Waals surface area contributed by atoms with E-state index in [0.29, 0.717) is 23.4 Å². The SMILES string of the molecule is O=C(O)[C@@H]1[C@@H](CO)[C@@H]2Cn3c(ccc(-c4cccc(F)c4)c3=O)[C@H]1N2CCc1ccccc1. The summed E-state index contributed by atoms with van der Waals surface area (Å²) in [5, 5.41) is 20.2. The van der Waals surface area contributed by atoms with Gasteiger partial charge in [0, 0.05) is 42.9 Å². The number of halogens is 1. The number of aliphatic hydroxyl groups excluding tert-OH is 1. The van der Waals surface area contributed by atoms with E-state index in [9.17, 15) is 24.2 Å². The molecule has 3 aromatic rings. The highest BCUT2D eigenvalue weighted by atomic mass is 19.1. The van der Waals surface area contributed by atoms with Crippen LogP contribution in [0.2, 0.25) is 0 Å². The molecular formula is C26H25FN2O4. The average molecular weight is 448 g/mol. The van der Waals surface area contributed by atoms with Crippen LogP contribution >= 0.6 is 0 Å². The van der Waals surface area contributed by atoms with Gasteiger partial charge in [0.2, 0.25) is 0 Å². The molecule has 5 rings (SSSR count). The Morgan fingerprint density at radius 1 is 1.06 bits per heavy atom. The molecule has 33 heavy (non-hydrogen) atoms. The number of benzene rings is 2. The second kappa shape index (κ2) is 8.57. The van der Waals surface area contributed by atoms with Crippen molar-refractivity contribution in [2.45, 2.75) is 25.0 Å². The Kier molecular flexibility index (Phi) is 5.60. The minimum absolute atomic E-state index is 0.264. The highest BCUT2D eigenvalue weighted by molar-refractivity contribution is 5.73. The van der Waals surface area contributed by atoms with E-state index in [1.54, 1.807) is 28.8 Å². The van der Waals surface area contributed by atoms with E-state index in [-0.39, 0.29) is 24.8 Å². The molecule has 4 atom stereocenters. The Bertz CT molecular complexity index is 1240. The van der Waals surface area contributed by atoms with E-state index >= 15 is 0 Å². The van der Waals surface area contributed by atoms with Gasteiger partial charge in [-0.1, -0.05) is 42.5 Å². The van der Waals surface area contributed by atoms with Gasteiger partial charge in [-0.15, -0.1) is 0 Å². The molecule has 0 radical (unpaired) electrons. The number of carboxylic acids is 1. The molecule has 7 heteroatoms. The topological polar surface area (TPSA) is 82.8 Å². The van der Waals surface area contributed by atoms with Gasteiger partial charge in [0.25, 0.3) is 5.56 Å². The summed E-state index contributed by atoms with van der Waals surface area (Å²) >= 11 is 0. The van der Waals surface area contributed by atoms with Crippen LogP contribution in [0, 0.1) is 17.7 Å². The van der Waals surface area contributed by atoms with E-state index in [4.69, 9.17) is 0 Å². The molecule has 0 amide bonds. The van der Waals surface area contributed by atoms with E-state index in [2.05, 4.69) is 4.90 Å². The van der Waals surface area contributed by atoms with Crippen LogP contribution < -0.4 is 5.56 Å². The third-order valence-corrected chi connectivity index (χ3v) is 7.09. The Morgan fingerprint density at radius 3 is 2.55 bits per heavy atom. The molecule has 0 aliphatic carbocycles. The van der Waals surface area contributed by atoms with Crippen molar-refractivity contribution in [3.05, 3.63) is 94.2 Å². The van der Waals surface area contributed by atoms with Gasteiger partial charge in [0.05, 0.1) is 12.0 Å². The number of aliphatic hydroxyl groups is 1. The maximum atomic E-state index is 13.8. The maximum Gasteiger partial charge on any atom is 0.308 e. The first-order chi connectivity index (χ1) is 16.0. The number of rotatable bonds is 6. The van der Waals surface area contributed by atoms with Crippen LogP contribution in [0.15, 0.2) is 71.5 Å². The molecule has 3 heterocycles. The van der Waals surface area contributed by atoms with Crippen LogP contribution in [0.3, 0.4) is 0 Å². The van der Waals surface area contributed by atoms with Crippen molar-refractivity contribution in [1.82, 2.24) is 9.47 Å². The van der Waals surface area contributed by atoms with Gasteiger partial charge in [-0.25, -0.2) is 4.39 Å². The number of hydrogen-bond acceptors (Lipinski definition) is 4. The molecule has 2 aromatic carbocycles. The Hall–Kier alpha value is -3.29. The van der Waals surface area contributed by atoms with Crippen LogP contribution in [0.5, 0.6) is 0 Å². The fourth-order valence-electron chi connectivity index (χ4n) is 5.59. The van der Waals surface area contributed by atoms with Crippen LogP contribution in [0.4, 0.5) is 4.39 Å². The Morgan fingerprint density at radius 2 is 1.85 bits per heavy atom. The first kappa shape index (κ1) is 21.6. The summed E-state index contributed by atoms with van der Waals surface area (Å²) in [6, 6.07) is 18.5. The van der Waals surface area contributed by atoms with Crippen molar-refractivity contribution in [3.63, 3.8) is 0 Å². The Labute approximate surface area is 190 Å². The van der Waals surface area contributed by atoms with Gasteiger partial charge in [-0.2, -0.15) is 0 Å². The largest absolute Gasteiger partial charge is 0.481 e. The monoisotopic (exact) mass is 448 g/mol. The summed E-state index contributed by atoms with van der Waals surface area (Å²) in [5.41, 5.74) is 2.38. The summed E-state index contributed by atoms with van der Waals surface area (Å²) in [4.78, 5) is 27.8. The summed E-state index contributed by atoms with van der Waals surface area (Å²) in [6.45, 7) is 0.649. The zero-order chi connectivity index (χ0) is 23.1.